The molecule has 0 aliphatic heterocycles. The maximum absolute atomic E-state index is 12.6. The highest BCUT2D eigenvalue weighted by Gasteiger charge is 2.21. The van der Waals surface area contributed by atoms with Crippen LogP contribution in [-0.2, 0) is 14.3 Å². The average Bonchev–Trinajstić information content (AvgIpc) is 2.70. The van der Waals surface area contributed by atoms with Crippen molar-refractivity contribution in [2.45, 2.75) is 19.8 Å². The molecule has 0 amide bonds. The first-order chi connectivity index (χ1) is 13.1. The zero-order valence-corrected chi connectivity index (χ0v) is 15.1. The monoisotopic (exact) mass is 363 g/mol. The van der Waals surface area contributed by atoms with E-state index in [1.165, 1.54) is 0 Å². The van der Waals surface area contributed by atoms with Crippen molar-refractivity contribution in [2.24, 2.45) is 5.92 Å². The van der Waals surface area contributed by atoms with Crippen LogP contribution < -0.4 is 0 Å². The Morgan fingerprint density at radius 3 is 1.96 bits per heavy atom. The van der Waals surface area contributed by atoms with Gasteiger partial charge in [0.25, 0.3) is 0 Å². The van der Waals surface area contributed by atoms with Gasteiger partial charge in [0, 0.05) is 11.5 Å². The molecule has 27 heavy (non-hydrogen) atoms. The number of aliphatic carboxylic acids is 1. The molecule has 1 N–H and O–H groups in total. The third kappa shape index (κ3) is 5.55. The summed E-state index contributed by atoms with van der Waals surface area (Å²) in [6, 6.07) is 20.3. The van der Waals surface area contributed by atoms with Gasteiger partial charge in [-0.1, -0.05) is 67.6 Å². The van der Waals surface area contributed by atoms with Crippen molar-refractivity contribution in [1.29, 1.82) is 5.26 Å². The maximum atomic E-state index is 12.6. The quantitative estimate of drug-likeness (QED) is 0.434. The van der Waals surface area contributed by atoms with Crippen LogP contribution in [0.15, 0.2) is 66.2 Å². The van der Waals surface area contributed by atoms with Gasteiger partial charge in [-0.05, 0) is 17.5 Å². The Balaban J connectivity index is 2.38. The highest BCUT2D eigenvalue weighted by molar-refractivity contribution is 6.05. The molecule has 0 fully saturated rings. The van der Waals surface area contributed by atoms with E-state index < -0.39 is 11.9 Å². The maximum Gasteiger partial charge on any atom is 0.349 e. The van der Waals surface area contributed by atoms with Gasteiger partial charge in [0.2, 0.25) is 0 Å². The van der Waals surface area contributed by atoms with E-state index in [-0.39, 0.29) is 24.5 Å². The van der Waals surface area contributed by atoms with Crippen LogP contribution in [0, 0.1) is 17.2 Å². The minimum Gasteiger partial charge on any atom is -0.481 e. The van der Waals surface area contributed by atoms with Crippen molar-refractivity contribution in [3.63, 3.8) is 0 Å². The highest BCUT2D eigenvalue weighted by atomic mass is 16.5. The SMILES string of the molecule is CCC(COC(=O)C(C#N)=C(c1ccccc1)c1ccccc1)CC(=O)O. The molecule has 0 aliphatic carbocycles. The number of carboxylic acids is 1. The Hall–Kier alpha value is -3.39. The van der Waals surface area contributed by atoms with Gasteiger partial charge in [0.1, 0.15) is 11.6 Å². The van der Waals surface area contributed by atoms with Crippen molar-refractivity contribution in [3.05, 3.63) is 77.4 Å². The number of carboxylic acid groups (broad SMARTS) is 1. The van der Waals surface area contributed by atoms with Gasteiger partial charge in [-0.15, -0.1) is 0 Å². The van der Waals surface area contributed by atoms with E-state index in [4.69, 9.17) is 9.84 Å². The van der Waals surface area contributed by atoms with Crippen molar-refractivity contribution >= 4 is 17.5 Å². The molecule has 0 bridgehead atoms. The Morgan fingerprint density at radius 1 is 1.04 bits per heavy atom. The third-order valence-electron chi connectivity index (χ3n) is 4.18. The number of nitriles is 1. The number of esters is 1. The lowest BCUT2D eigenvalue weighted by molar-refractivity contribution is -0.144. The highest BCUT2D eigenvalue weighted by Crippen LogP contribution is 2.27. The molecule has 1 atom stereocenters. The van der Waals surface area contributed by atoms with Crippen molar-refractivity contribution in [2.75, 3.05) is 6.61 Å². The summed E-state index contributed by atoms with van der Waals surface area (Å²) in [7, 11) is 0. The largest absolute Gasteiger partial charge is 0.481 e. The second-order valence-corrected chi connectivity index (χ2v) is 6.06. The molecule has 0 radical (unpaired) electrons. The summed E-state index contributed by atoms with van der Waals surface area (Å²) in [5.41, 5.74) is 1.86. The zero-order valence-electron chi connectivity index (χ0n) is 15.1. The molecular weight excluding hydrogens is 342 g/mol. The Bertz CT molecular complexity index is 809. The molecule has 5 heteroatoms. The molecule has 0 saturated heterocycles. The van der Waals surface area contributed by atoms with E-state index in [1.807, 2.05) is 73.7 Å². The molecule has 138 valence electrons. The fourth-order valence-electron chi connectivity index (χ4n) is 2.70. The lowest BCUT2D eigenvalue weighted by atomic mass is 9.93. The normalized spacial score (nSPS) is 11.1. The first-order valence-electron chi connectivity index (χ1n) is 8.71. The summed E-state index contributed by atoms with van der Waals surface area (Å²) < 4.78 is 5.29. The molecule has 2 aromatic rings. The fourth-order valence-corrected chi connectivity index (χ4v) is 2.70. The molecule has 0 saturated carbocycles. The van der Waals surface area contributed by atoms with E-state index in [0.29, 0.717) is 12.0 Å². The minimum atomic E-state index is -0.941. The van der Waals surface area contributed by atoms with Crippen LogP contribution in [0.1, 0.15) is 30.9 Å². The third-order valence-corrected chi connectivity index (χ3v) is 4.18. The molecule has 0 aliphatic rings. The van der Waals surface area contributed by atoms with Crippen LogP contribution >= 0.6 is 0 Å². The summed E-state index contributed by atoms with van der Waals surface area (Å²) in [5.74, 6) is -1.98. The van der Waals surface area contributed by atoms with E-state index in [2.05, 4.69) is 0 Å². The first-order valence-corrected chi connectivity index (χ1v) is 8.71. The van der Waals surface area contributed by atoms with E-state index >= 15 is 0 Å². The topological polar surface area (TPSA) is 87.4 Å². The van der Waals surface area contributed by atoms with Crippen LogP contribution in [0.25, 0.3) is 5.57 Å². The van der Waals surface area contributed by atoms with E-state index in [0.717, 1.165) is 11.1 Å². The van der Waals surface area contributed by atoms with Gasteiger partial charge < -0.3 is 9.84 Å². The number of hydrogen-bond donors (Lipinski definition) is 1. The Morgan fingerprint density at radius 2 is 1.56 bits per heavy atom. The standard InChI is InChI=1S/C22H21NO4/c1-2-16(13-20(24)25)15-27-22(26)19(14-23)21(17-9-5-3-6-10-17)18-11-7-4-8-12-18/h3-12,16H,2,13,15H2,1H3,(H,24,25). The van der Waals surface area contributed by atoms with Crippen LogP contribution in [0.4, 0.5) is 0 Å². The molecular formula is C22H21NO4. The predicted octanol–water partition coefficient (Wildman–Crippen LogP) is 4.06. The molecule has 2 aromatic carbocycles. The minimum absolute atomic E-state index is 0.0380. The van der Waals surface area contributed by atoms with Crippen LogP contribution in [0.5, 0.6) is 0 Å². The van der Waals surface area contributed by atoms with Crippen LogP contribution in [0.3, 0.4) is 0 Å². The molecule has 0 aromatic heterocycles. The van der Waals surface area contributed by atoms with Gasteiger partial charge >= 0.3 is 11.9 Å². The van der Waals surface area contributed by atoms with Crippen molar-refractivity contribution < 1.29 is 19.4 Å². The summed E-state index contributed by atoms with van der Waals surface area (Å²) in [6.07, 6.45) is 0.481. The first kappa shape index (κ1) is 19.9. The molecule has 5 nitrogen and oxygen atoms in total. The molecule has 0 heterocycles. The number of carbonyl (C=O) groups is 2. The smallest absolute Gasteiger partial charge is 0.349 e. The second kappa shape index (κ2) is 9.93. The number of benzene rings is 2. The van der Waals surface area contributed by atoms with Gasteiger partial charge in [-0.3, -0.25) is 4.79 Å². The summed E-state index contributed by atoms with van der Waals surface area (Å²) in [4.78, 5) is 23.5. The van der Waals surface area contributed by atoms with Gasteiger partial charge in [-0.2, -0.15) is 5.26 Å². The van der Waals surface area contributed by atoms with Crippen molar-refractivity contribution in [3.8, 4) is 6.07 Å². The van der Waals surface area contributed by atoms with E-state index in [1.54, 1.807) is 0 Å². The number of nitrogens with zero attached hydrogens (tertiary/aromatic N) is 1. The number of carbonyl (C=O) groups excluding carboxylic acids is 1. The molecule has 2 rings (SSSR count). The van der Waals surface area contributed by atoms with Crippen LogP contribution in [0.2, 0.25) is 0 Å². The number of ether oxygens (including phenoxy) is 1. The lowest BCUT2D eigenvalue weighted by Gasteiger charge is -2.15. The average molecular weight is 363 g/mol. The Labute approximate surface area is 158 Å². The van der Waals surface area contributed by atoms with Gasteiger partial charge in [-0.25, -0.2) is 4.79 Å². The van der Waals surface area contributed by atoms with Crippen LogP contribution in [-0.4, -0.2) is 23.7 Å². The lowest BCUT2D eigenvalue weighted by Crippen LogP contribution is -2.18. The zero-order chi connectivity index (χ0) is 19.6. The number of hydrogen-bond acceptors (Lipinski definition) is 4. The van der Waals surface area contributed by atoms with E-state index in [9.17, 15) is 14.9 Å². The summed E-state index contributed by atoms with van der Waals surface area (Å²) >= 11 is 0. The van der Waals surface area contributed by atoms with Gasteiger partial charge in [0.15, 0.2) is 0 Å². The predicted molar refractivity (Wildman–Crippen MR) is 102 cm³/mol. The summed E-state index contributed by atoms with van der Waals surface area (Å²) in [5, 5.41) is 18.6. The molecule has 1 unspecified atom stereocenters. The van der Waals surface area contributed by atoms with Gasteiger partial charge in [0.05, 0.1) is 13.0 Å². The number of rotatable bonds is 8. The fraction of sp³-hybridized carbons (Fsp3) is 0.227. The summed E-state index contributed by atoms with van der Waals surface area (Å²) in [6.45, 7) is 1.80. The Kier molecular flexibility index (Phi) is 7.33. The molecule has 0 spiro atoms. The van der Waals surface area contributed by atoms with Crippen molar-refractivity contribution in [1.82, 2.24) is 0 Å². The second-order valence-electron chi connectivity index (χ2n) is 6.06.